The Morgan fingerprint density at radius 1 is 0.969 bits per heavy atom. The van der Waals surface area contributed by atoms with E-state index in [1.807, 2.05) is 4.90 Å². The van der Waals surface area contributed by atoms with Gasteiger partial charge in [-0.2, -0.15) is 0 Å². The molecule has 0 spiro atoms. The van der Waals surface area contributed by atoms with Crippen molar-refractivity contribution < 1.29 is 4.79 Å². The molecule has 0 aromatic carbocycles. The van der Waals surface area contributed by atoms with E-state index in [9.17, 15) is 4.79 Å². The Morgan fingerprint density at radius 2 is 1.66 bits per heavy atom. The smallest absolute Gasteiger partial charge is 0.226 e. The SMILES string of the molecule is CCN(CC)C(=O)C1CCCN(C(C)CC2CC(N3CCN(C)CC3)CCN2C(C)C)C1. The van der Waals surface area contributed by atoms with Gasteiger partial charge in [0.25, 0.3) is 0 Å². The number of likely N-dealkylation sites (tertiary alicyclic amines) is 2. The van der Waals surface area contributed by atoms with Crippen LogP contribution in [0.1, 0.15) is 66.7 Å². The molecular weight excluding hydrogens is 398 g/mol. The zero-order valence-electron chi connectivity index (χ0n) is 21.9. The lowest BCUT2D eigenvalue weighted by atomic mass is 9.88. The molecule has 3 rings (SSSR count). The molecule has 4 unspecified atom stereocenters. The maximum absolute atomic E-state index is 13.0. The minimum Gasteiger partial charge on any atom is -0.343 e. The van der Waals surface area contributed by atoms with Gasteiger partial charge in [-0.1, -0.05) is 0 Å². The molecule has 4 atom stereocenters. The van der Waals surface area contributed by atoms with Crippen LogP contribution in [0.4, 0.5) is 0 Å². The first-order valence-corrected chi connectivity index (χ1v) is 13.5. The van der Waals surface area contributed by atoms with E-state index in [4.69, 9.17) is 0 Å². The maximum atomic E-state index is 13.0. The van der Waals surface area contributed by atoms with Crippen LogP contribution in [0.3, 0.4) is 0 Å². The molecule has 0 saturated carbocycles. The first kappa shape index (κ1) is 25.9. The van der Waals surface area contributed by atoms with Gasteiger partial charge in [0, 0.05) is 76.5 Å². The summed E-state index contributed by atoms with van der Waals surface area (Å²) in [5.41, 5.74) is 0. The highest BCUT2D eigenvalue weighted by Gasteiger charge is 2.36. The number of rotatable bonds is 8. The molecule has 3 fully saturated rings. The lowest BCUT2D eigenvalue weighted by Crippen LogP contribution is -2.57. The molecule has 0 N–H and O–H groups in total. The van der Waals surface area contributed by atoms with E-state index in [1.165, 1.54) is 52.0 Å². The van der Waals surface area contributed by atoms with E-state index in [0.29, 0.717) is 24.0 Å². The highest BCUT2D eigenvalue weighted by molar-refractivity contribution is 5.79. The van der Waals surface area contributed by atoms with Gasteiger partial charge in [-0.05, 0) is 80.3 Å². The lowest BCUT2D eigenvalue weighted by molar-refractivity contribution is -0.137. The average Bonchev–Trinajstić information content (AvgIpc) is 2.80. The maximum Gasteiger partial charge on any atom is 0.226 e. The van der Waals surface area contributed by atoms with E-state index >= 15 is 0 Å². The van der Waals surface area contributed by atoms with Crippen LogP contribution in [0.2, 0.25) is 0 Å². The first-order valence-electron chi connectivity index (χ1n) is 13.5. The summed E-state index contributed by atoms with van der Waals surface area (Å²) in [7, 11) is 2.25. The van der Waals surface area contributed by atoms with E-state index in [2.05, 4.69) is 61.3 Å². The molecule has 3 saturated heterocycles. The zero-order valence-corrected chi connectivity index (χ0v) is 21.9. The van der Waals surface area contributed by atoms with Gasteiger partial charge in [-0.3, -0.25) is 19.5 Å². The van der Waals surface area contributed by atoms with Gasteiger partial charge < -0.3 is 9.80 Å². The minimum atomic E-state index is 0.191. The number of hydrogen-bond donors (Lipinski definition) is 0. The van der Waals surface area contributed by atoms with Crippen molar-refractivity contribution in [2.24, 2.45) is 5.92 Å². The monoisotopic (exact) mass is 449 g/mol. The predicted octanol–water partition coefficient (Wildman–Crippen LogP) is 2.83. The first-order chi connectivity index (χ1) is 15.3. The van der Waals surface area contributed by atoms with Gasteiger partial charge in [0.15, 0.2) is 0 Å². The van der Waals surface area contributed by atoms with Gasteiger partial charge in [0.1, 0.15) is 0 Å². The van der Waals surface area contributed by atoms with Crippen LogP contribution < -0.4 is 0 Å². The molecule has 3 aliphatic heterocycles. The van der Waals surface area contributed by atoms with E-state index < -0.39 is 0 Å². The fourth-order valence-corrected chi connectivity index (χ4v) is 6.42. The number of amides is 1. The van der Waals surface area contributed by atoms with Crippen molar-refractivity contribution >= 4 is 5.91 Å². The van der Waals surface area contributed by atoms with Gasteiger partial charge in [0.05, 0.1) is 5.92 Å². The molecule has 0 aromatic rings. The molecule has 6 nitrogen and oxygen atoms in total. The Bertz CT molecular complexity index is 573. The lowest BCUT2D eigenvalue weighted by Gasteiger charge is -2.48. The Kier molecular flexibility index (Phi) is 9.84. The van der Waals surface area contributed by atoms with Crippen LogP contribution in [-0.2, 0) is 4.79 Å². The molecule has 186 valence electrons. The van der Waals surface area contributed by atoms with Crippen molar-refractivity contribution in [3.05, 3.63) is 0 Å². The Hall–Kier alpha value is -0.690. The molecule has 1 amide bonds. The van der Waals surface area contributed by atoms with Crippen LogP contribution >= 0.6 is 0 Å². The third kappa shape index (κ3) is 6.46. The van der Waals surface area contributed by atoms with Gasteiger partial charge >= 0.3 is 0 Å². The number of likely N-dealkylation sites (N-methyl/N-ethyl adjacent to an activating group) is 1. The summed E-state index contributed by atoms with van der Waals surface area (Å²) in [4.78, 5) is 25.7. The molecular formula is C26H51N5O. The number of piperidine rings is 2. The summed E-state index contributed by atoms with van der Waals surface area (Å²) in [5, 5.41) is 0. The summed E-state index contributed by atoms with van der Waals surface area (Å²) >= 11 is 0. The summed E-state index contributed by atoms with van der Waals surface area (Å²) in [6.07, 6.45) is 6.07. The van der Waals surface area contributed by atoms with Crippen molar-refractivity contribution in [3.8, 4) is 0 Å². The van der Waals surface area contributed by atoms with Crippen molar-refractivity contribution in [2.75, 3.05) is 66.0 Å². The zero-order chi connectivity index (χ0) is 23.3. The molecule has 0 radical (unpaired) electrons. The van der Waals surface area contributed by atoms with Gasteiger partial charge in [0.2, 0.25) is 5.91 Å². The van der Waals surface area contributed by atoms with Crippen LogP contribution in [0.25, 0.3) is 0 Å². The highest BCUT2D eigenvalue weighted by atomic mass is 16.2. The second kappa shape index (κ2) is 12.1. The predicted molar refractivity (Wildman–Crippen MR) is 134 cm³/mol. The van der Waals surface area contributed by atoms with Crippen LogP contribution in [0, 0.1) is 5.92 Å². The van der Waals surface area contributed by atoms with Crippen molar-refractivity contribution in [1.29, 1.82) is 0 Å². The number of hydrogen-bond acceptors (Lipinski definition) is 5. The Labute approximate surface area is 198 Å². The third-order valence-corrected chi connectivity index (χ3v) is 8.56. The number of nitrogens with zero attached hydrogens (tertiary/aromatic N) is 5. The molecule has 3 heterocycles. The fourth-order valence-electron chi connectivity index (χ4n) is 6.42. The van der Waals surface area contributed by atoms with Crippen LogP contribution in [0.5, 0.6) is 0 Å². The van der Waals surface area contributed by atoms with E-state index in [1.54, 1.807) is 0 Å². The largest absolute Gasteiger partial charge is 0.343 e. The highest BCUT2D eigenvalue weighted by Crippen LogP contribution is 2.30. The molecule has 32 heavy (non-hydrogen) atoms. The second-order valence-electron chi connectivity index (χ2n) is 10.9. The molecule has 0 aliphatic carbocycles. The summed E-state index contributed by atoms with van der Waals surface area (Å²) in [6, 6.07) is 2.55. The second-order valence-corrected chi connectivity index (χ2v) is 10.9. The number of carbonyl (C=O) groups excluding carboxylic acids is 1. The van der Waals surface area contributed by atoms with Gasteiger partial charge in [-0.15, -0.1) is 0 Å². The average molecular weight is 450 g/mol. The summed E-state index contributed by atoms with van der Waals surface area (Å²) in [6.45, 7) is 21.2. The number of piperazine rings is 1. The summed E-state index contributed by atoms with van der Waals surface area (Å²) in [5.74, 6) is 0.570. The minimum absolute atomic E-state index is 0.191. The standard InChI is InChI=1S/C26H51N5O/c1-7-28(8-2)26(32)23-10-9-12-30(20-23)22(5)18-25-19-24(11-13-31(25)21(3)4)29-16-14-27(6)15-17-29/h21-25H,7-20H2,1-6H3. The fraction of sp³-hybridized carbons (Fsp3) is 0.962. The van der Waals surface area contributed by atoms with E-state index in [-0.39, 0.29) is 5.92 Å². The molecule has 6 heteroatoms. The topological polar surface area (TPSA) is 33.3 Å². The van der Waals surface area contributed by atoms with Gasteiger partial charge in [-0.25, -0.2) is 0 Å². The molecule has 0 aromatic heterocycles. The van der Waals surface area contributed by atoms with Crippen LogP contribution in [-0.4, -0.2) is 121 Å². The Morgan fingerprint density at radius 3 is 2.28 bits per heavy atom. The van der Waals surface area contributed by atoms with Crippen molar-refractivity contribution in [3.63, 3.8) is 0 Å². The van der Waals surface area contributed by atoms with E-state index in [0.717, 1.165) is 45.1 Å². The quantitative estimate of drug-likeness (QED) is 0.569. The van der Waals surface area contributed by atoms with Crippen molar-refractivity contribution in [2.45, 2.75) is 90.9 Å². The summed E-state index contributed by atoms with van der Waals surface area (Å²) < 4.78 is 0. The normalized spacial score (nSPS) is 30.5. The Balaban J connectivity index is 1.60. The van der Waals surface area contributed by atoms with Crippen molar-refractivity contribution in [1.82, 2.24) is 24.5 Å². The van der Waals surface area contributed by atoms with Crippen LogP contribution in [0.15, 0.2) is 0 Å². The third-order valence-electron chi connectivity index (χ3n) is 8.56. The molecule has 0 bridgehead atoms. The molecule has 3 aliphatic rings. The number of carbonyl (C=O) groups is 1.